The number of nitriles is 1. The van der Waals surface area contributed by atoms with Crippen molar-refractivity contribution in [3.63, 3.8) is 0 Å². The van der Waals surface area contributed by atoms with E-state index in [9.17, 15) is 14.4 Å². The van der Waals surface area contributed by atoms with Crippen LogP contribution in [0.15, 0.2) is 36.7 Å². The number of pyridine rings is 1. The minimum absolute atomic E-state index is 0.0373. The van der Waals surface area contributed by atoms with Crippen LogP contribution in [0.2, 0.25) is 5.02 Å². The van der Waals surface area contributed by atoms with Gasteiger partial charge in [-0.25, -0.2) is 8.78 Å². The maximum Gasteiger partial charge on any atom is 0.318 e. The summed E-state index contributed by atoms with van der Waals surface area (Å²) in [7, 11) is 1.33. The molecule has 0 aliphatic carbocycles. The fourth-order valence-corrected chi connectivity index (χ4v) is 5.30. The van der Waals surface area contributed by atoms with Crippen molar-refractivity contribution < 1.29 is 18.3 Å². The van der Waals surface area contributed by atoms with E-state index >= 15 is 4.39 Å². The number of ether oxygens (including phenoxy) is 1. The van der Waals surface area contributed by atoms with E-state index in [0.717, 1.165) is 12.3 Å². The molecule has 0 radical (unpaired) electrons. The van der Waals surface area contributed by atoms with Gasteiger partial charge in [0.15, 0.2) is 11.6 Å². The number of carbonyl (C=O) groups excluding carboxylic acids is 1. The van der Waals surface area contributed by atoms with Crippen molar-refractivity contribution in [2.24, 2.45) is 0 Å². The number of hydrogen-bond donors (Lipinski definition) is 2. The molecule has 1 saturated heterocycles. The van der Waals surface area contributed by atoms with Crippen LogP contribution in [0.5, 0.6) is 6.01 Å². The Morgan fingerprint density at radius 1 is 1.30 bits per heavy atom. The predicted molar refractivity (Wildman–Crippen MR) is 160 cm³/mol. The lowest BCUT2D eigenvalue weighted by atomic mass is 9.98. The van der Waals surface area contributed by atoms with Crippen LogP contribution in [0.25, 0.3) is 28.2 Å². The van der Waals surface area contributed by atoms with Crippen molar-refractivity contribution in [3.8, 4) is 23.3 Å². The number of nitrogens with zero attached hydrogens (tertiary/aromatic N) is 8. The Morgan fingerprint density at radius 3 is 2.77 bits per heavy atom. The predicted octanol–water partition coefficient (Wildman–Crippen LogP) is 4.11. The largest absolute Gasteiger partial charge is 0.467 e. The molecule has 3 N–H and O–H groups in total. The van der Waals surface area contributed by atoms with Crippen LogP contribution in [-0.2, 0) is 4.79 Å². The molecule has 1 aromatic carbocycles. The number of nitrogens with two attached hydrogens (primary N) is 1. The van der Waals surface area contributed by atoms with E-state index < -0.39 is 23.6 Å². The minimum Gasteiger partial charge on any atom is -0.467 e. The van der Waals surface area contributed by atoms with Gasteiger partial charge in [-0.3, -0.25) is 19.7 Å². The summed E-state index contributed by atoms with van der Waals surface area (Å²) >= 11 is 6.54. The van der Waals surface area contributed by atoms with Gasteiger partial charge in [0.25, 0.3) is 5.91 Å². The molecule has 1 aliphatic rings. The Bertz CT molecular complexity index is 1850. The highest BCUT2D eigenvalue weighted by atomic mass is 35.5. The van der Waals surface area contributed by atoms with Crippen molar-refractivity contribution in [1.29, 1.82) is 10.7 Å². The van der Waals surface area contributed by atoms with E-state index in [4.69, 9.17) is 27.5 Å². The molecule has 12 nitrogen and oxygen atoms in total. The van der Waals surface area contributed by atoms with Crippen LogP contribution >= 0.6 is 11.6 Å². The Balaban J connectivity index is 1.54. The Kier molecular flexibility index (Phi) is 8.59. The summed E-state index contributed by atoms with van der Waals surface area (Å²) in [6.07, 6.45) is 7.36. The molecule has 0 saturated carbocycles. The number of aryl methyl sites for hydroxylation is 1. The first-order valence-corrected chi connectivity index (χ1v) is 13.6. The number of nitrogens with one attached hydrogen (secondary N) is 1. The zero-order chi connectivity index (χ0) is 31.5. The summed E-state index contributed by atoms with van der Waals surface area (Å²) in [5.74, 6) is -2.53. The molecule has 1 fully saturated rings. The van der Waals surface area contributed by atoms with E-state index in [0.29, 0.717) is 5.56 Å². The van der Waals surface area contributed by atoms with Gasteiger partial charge in [0.1, 0.15) is 17.0 Å². The van der Waals surface area contributed by atoms with Gasteiger partial charge in [0.05, 0.1) is 47.9 Å². The number of carbonyl (C=O) groups is 1. The van der Waals surface area contributed by atoms with Gasteiger partial charge in [-0.05, 0) is 18.6 Å². The van der Waals surface area contributed by atoms with Gasteiger partial charge in [0.2, 0.25) is 0 Å². The summed E-state index contributed by atoms with van der Waals surface area (Å²) in [4.78, 5) is 36.9. The molecule has 1 unspecified atom stereocenters. The van der Waals surface area contributed by atoms with Crippen LogP contribution in [0.3, 0.4) is 0 Å². The van der Waals surface area contributed by atoms with Crippen molar-refractivity contribution in [2.75, 3.05) is 37.4 Å². The van der Waals surface area contributed by atoms with Gasteiger partial charge < -0.3 is 25.7 Å². The normalized spacial score (nSPS) is 15.3. The highest BCUT2D eigenvalue weighted by Gasteiger charge is 2.34. The van der Waals surface area contributed by atoms with E-state index in [1.165, 1.54) is 36.8 Å². The first kappa shape index (κ1) is 30.2. The van der Waals surface area contributed by atoms with Crippen LogP contribution in [0, 0.1) is 29.5 Å². The molecular formula is C29H25ClF2N10O2. The Labute approximate surface area is 255 Å². The standard InChI is InChI=1S/C29H25ClF2N10O2/c1-15-9-21(35)18(11-34)22(23(15)30)26-24(32)25-19(13-38-26)27(40-29(39-25)44-2)41-7-8-42(17(14-41)3-4-33)28(43)20(31)10-16-12-36-5-6-37-16/h5-6,9-13,17,34H,3,7-8,14,35H2,1-2H3/b20-10-,34-11?. The van der Waals surface area contributed by atoms with Crippen LogP contribution in [0.1, 0.15) is 23.2 Å². The number of nitrogen functional groups attached to an aromatic ring is 1. The second-order valence-electron chi connectivity index (χ2n) is 9.83. The molecule has 4 aromatic rings. The molecule has 5 rings (SSSR count). The summed E-state index contributed by atoms with van der Waals surface area (Å²) in [6, 6.07) is 2.78. The summed E-state index contributed by atoms with van der Waals surface area (Å²) in [5, 5.41) is 17.8. The zero-order valence-electron chi connectivity index (χ0n) is 23.6. The third-order valence-corrected chi connectivity index (χ3v) is 7.64. The average molecular weight is 619 g/mol. The molecule has 1 aliphatic heterocycles. The van der Waals surface area contributed by atoms with Gasteiger partial charge >= 0.3 is 6.01 Å². The van der Waals surface area contributed by atoms with E-state index in [-0.39, 0.29) is 82.0 Å². The van der Waals surface area contributed by atoms with E-state index in [1.807, 2.05) is 6.07 Å². The lowest BCUT2D eigenvalue weighted by Crippen LogP contribution is -2.55. The summed E-state index contributed by atoms with van der Waals surface area (Å²) in [5.41, 5.74) is 7.14. The van der Waals surface area contributed by atoms with Crippen molar-refractivity contribution in [2.45, 2.75) is 19.4 Å². The average Bonchev–Trinajstić information content (AvgIpc) is 3.03. The van der Waals surface area contributed by atoms with Gasteiger partial charge in [0, 0.05) is 67.3 Å². The van der Waals surface area contributed by atoms with Crippen LogP contribution < -0.4 is 15.4 Å². The van der Waals surface area contributed by atoms with Gasteiger partial charge in [-0.1, -0.05) is 11.6 Å². The zero-order valence-corrected chi connectivity index (χ0v) is 24.3. The quantitative estimate of drug-likeness (QED) is 0.174. The molecule has 1 atom stereocenters. The first-order valence-electron chi connectivity index (χ1n) is 13.2. The number of benzene rings is 1. The van der Waals surface area contributed by atoms with Crippen molar-refractivity contribution >= 4 is 52.2 Å². The maximum atomic E-state index is 16.3. The lowest BCUT2D eigenvalue weighted by molar-refractivity contribution is -0.131. The second-order valence-corrected chi connectivity index (χ2v) is 10.2. The number of piperazine rings is 1. The van der Waals surface area contributed by atoms with E-state index in [2.05, 4.69) is 24.9 Å². The van der Waals surface area contributed by atoms with Crippen LogP contribution in [-0.4, -0.2) is 74.7 Å². The minimum atomic E-state index is -1.05. The fraction of sp³-hybridized carbons (Fsp3) is 0.241. The van der Waals surface area contributed by atoms with Crippen molar-refractivity contribution in [1.82, 2.24) is 29.8 Å². The number of anilines is 2. The molecule has 44 heavy (non-hydrogen) atoms. The van der Waals surface area contributed by atoms with Crippen LogP contribution in [0.4, 0.5) is 20.3 Å². The third kappa shape index (κ3) is 5.57. The molecule has 0 bridgehead atoms. The summed E-state index contributed by atoms with van der Waals surface area (Å²) in [6.45, 7) is 1.99. The Morgan fingerprint density at radius 2 is 2.09 bits per heavy atom. The topological polar surface area (TPSA) is 171 Å². The lowest BCUT2D eigenvalue weighted by Gasteiger charge is -2.41. The van der Waals surface area contributed by atoms with E-state index in [1.54, 1.807) is 17.9 Å². The third-order valence-electron chi connectivity index (χ3n) is 7.16. The molecule has 0 spiro atoms. The van der Waals surface area contributed by atoms with Gasteiger partial charge in [-0.2, -0.15) is 15.2 Å². The second kappa shape index (κ2) is 12.5. The SMILES string of the molecule is COc1nc(N2CCN(C(=O)/C(F)=C/c3cnccn3)C(CC#N)C2)c2cnc(-c3c(Cl)c(C)cc(N)c3C=N)c(F)c2n1. The molecule has 4 heterocycles. The molecule has 15 heteroatoms. The number of amides is 1. The number of aromatic nitrogens is 5. The molecular weight excluding hydrogens is 594 g/mol. The highest BCUT2D eigenvalue weighted by molar-refractivity contribution is 6.35. The first-order chi connectivity index (χ1) is 21.2. The fourth-order valence-electron chi connectivity index (χ4n) is 5.06. The van der Waals surface area contributed by atoms with Crippen molar-refractivity contribution in [3.05, 3.63) is 64.3 Å². The number of rotatable bonds is 7. The maximum absolute atomic E-state index is 16.3. The van der Waals surface area contributed by atoms with Gasteiger partial charge in [-0.15, -0.1) is 0 Å². The molecule has 3 aromatic heterocycles. The highest BCUT2D eigenvalue weighted by Crippen LogP contribution is 2.39. The monoisotopic (exact) mass is 618 g/mol. The number of halogens is 3. The Hall–Kier alpha value is -5.29. The smallest absolute Gasteiger partial charge is 0.318 e. The molecule has 1 amide bonds. The molecule has 224 valence electrons. The summed E-state index contributed by atoms with van der Waals surface area (Å²) < 4.78 is 36.5. The number of hydrogen-bond acceptors (Lipinski definition) is 11. The number of fused-ring (bicyclic) bond motifs is 1. The number of methoxy groups -OCH3 is 1.